The highest BCUT2D eigenvalue weighted by molar-refractivity contribution is 9.10. The lowest BCUT2D eigenvalue weighted by Crippen LogP contribution is -2.29. The van der Waals surface area contributed by atoms with E-state index >= 15 is 0 Å². The molecule has 0 aliphatic heterocycles. The first-order chi connectivity index (χ1) is 11.8. The Morgan fingerprint density at radius 2 is 2.12 bits per heavy atom. The van der Waals surface area contributed by atoms with Crippen LogP contribution in [0.5, 0.6) is 11.8 Å². The average molecular weight is 421 g/mol. The number of rotatable bonds is 5. The summed E-state index contributed by atoms with van der Waals surface area (Å²) in [5.74, 6) is -1.16. The third-order valence-electron chi connectivity index (χ3n) is 4.20. The van der Waals surface area contributed by atoms with Crippen LogP contribution in [0, 0.1) is 5.92 Å². The summed E-state index contributed by atoms with van der Waals surface area (Å²) in [6, 6.07) is 2.95. The van der Waals surface area contributed by atoms with Crippen molar-refractivity contribution in [1.29, 1.82) is 0 Å². The van der Waals surface area contributed by atoms with Gasteiger partial charge in [0, 0.05) is 12.6 Å². The van der Waals surface area contributed by atoms with Gasteiger partial charge in [-0.25, -0.2) is 4.79 Å². The van der Waals surface area contributed by atoms with Crippen LogP contribution < -0.4 is 9.47 Å². The second-order valence-corrected chi connectivity index (χ2v) is 6.76. The number of nitrogens with zero attached hydrogens (tertiary/aromatic N) is 2. The Labute approximate surface area is 150 Å². The maximum Gasteiger partial charge on any atom is 0.491 e. The second kappa shape index (κ2) is 6.86. The lowest BCUT2D eigenvalue weighted by atomic mass is 9.86. The van der Waals surface area contributed by atoms with Gasteiger partial charge in [-0.2, -0.15) is 18.2 Å². The summed E-state index contributed by atoms with van der Waals surface area (Å²) < 4.78 is 49.6. The number of aryl methyl sites for hydroxylation is 1. The molecule has 0 spiro atoms. The summed E-state index contributed by atoms with van der Waals surface area (Å²) in [6.07, 6.45) is -1.58. The monoisotopic (exact) mass is 420 g/mol. The fraction of sp³-hybridized carbons (Fsp3) is 0.500. The second-order valence-electron chi connectivity index (χ2n) is 5.91. The molecular weight excluding hydrogens is 405 g/mol. The fourth-order valence-corrected chi connectivity index (χ4v) is 3.05. The van der Waals surface area contributed by atoms with E-state index in [0.29, 0.717) is 40.3 Å². The van der Waals surface area contributed by atoms with Crippen LogP contribution in [-0.2, 0) is 11.3 Å². The number of hydrogen-bond donors (Lipinski definition) is 0. The first-order valence-corrected chi connectivity index (χ1v) is 8.70. The summed E-state index contributed by atoms with van der Waals surface area (Å²) >= 11 is 3.38. The Morgan fingerprint density at radius 3 is 2.68 bits per heavy atom. The topological polar surface area (TPSA) is 53.4 Å². The van der Waals surface area contributed by atoms with E-state index in [9.17, 15) is 18.0 Å². The van der Waals surface area contributed by atoms with Crippen molar-refractivity contribution in [3.63, 3.8) is 0 Å². The number of aromatic nitrogens is 2. The third-order valence-corrected chi connectivity index (χ3v) is 4.82. The van der Waals surface area contributed by atoms with Gasteiger partial charge in [-0.15, -0.1) is 0 Å². The van der Waals surface area contributed by atoms with E-state index in [2.05, 4.69) is 25.7 Å². The van der Waals surface area contributed by atoms with Gasteiger partial charge in [-0.05, 0) is 47.7 Å². The molecule has 1 aromatic carbocycles. The van der Waals surface area contributed by atoms with Crippen LogP contribution in [0.25, 0.3) is 11.0 Å². The Bertz CT molecular complexity index is 800. The highest BCUT2D eigenvalue weighted by Crippen LogP contribution is 2.34. The van der Waals surface area contributed by atoms with Crippen molar-refractivity contribution in [3.8, 4) is 11.8 Å². The normalized spacial score (nSPS) is 15.2. The maximum atomic E-state index is 12.4. The number of halogens is 4. The molecule has 1 aliphatic rings. The number of fused-ring (bicyclic) bond motifs is 1. The Balaban J connectivity index is 1.90. The Hall–Kier alpha value is -1.77. The van der Waals surface area contributed by atoms with Crippen LogP contribution >= 0.6 is 15.9 Å². The molecule has 0 radical (unpaired) electrons. The smallest absolute Gasteiger partial charge is 0.491 e. The summed E-state index contributed by atoms with van der Waals surface area (Å²) in [5.41, 5.74) is 0.953. The molecule has 9 heteroatoms. The minimum absolute atomic E-state index is 0.292. The molecule has 0 atom stereocenters. The minimum Gasteiger partial charge on any atom is -0.492 e. The van der Waals surface area contributed by atoms with Crippen LogP contribution in [0.15, 0.2) is 16.6 Å². The number of benzene rings is 1. The molecule has 1 aromatic heterocycles. The summed E-state index contributed by atoms with van der Waals surface area (Å²) in [7, 11) is 0. The molecule has 1 saturated carbocycles. The zero-order valence-corrected chi connectivity index (χ0v) is 15.0. The van der Waals surface area contributed by atoms with Gasteiger partial charge >= 0.3 is 18.2 Å². The first kappa shape index (κ1) is 18.0. The van der Waals surface area contributed by atoms with Gasteiger partial charge in [0.15, 0.2) is 0 Å². The molecule has 3 rings (SSSR count). The molecule has 1 aliphatic carbocycles. The summed E-state index contributed by atoms with van der Waals surface area (Å²) in [6.45, 7) is 2.62. The molecule has 0 N–H and O–H groups in total. The van der Waals surface area contributed by atoms with E-state index in [1.54, 1.807) is 19.1 Å². The maximum absolute atomic E-state index is 12.4. The SMILES string of the molecule is CCn1c(OC(=O)C(F)(F)F)nc2cc(Br)c(OCC3CCC3)cc21. The molecule has 1 fully saturated rings. The molecule has 136 valence electrons. The van der Waals surface area contributed by atoms with Crippen molar-refractivity contribution in [1.82, 2.24) is 9.55 Å². The predicted octanol–water partition coefficient (Wildman–Crippen LogP) is 4.47. The number of carbonyl (C=O) groups is 1. The van der Waals surface area contributed by atoms with Crippen LogP contribution in [0.3, 0.4) is 0 Å². The van der Waals surface area contributed by atoms with Crippen molar-refractivity contribution in [2.75, 3.05) is 6.61 Å². The highest BCUT2D eigenvalue weighted by atomic mass is 79.9. The quantitative estimate of drug-likeness (QED) is 0.669. The summed E-state index contributed by atoms with van der Waals surface area (Å²) in [4.78, 5) is 15.1. The standard InChI is InChI=1S/C16H16BrF3N2O3/c1-2-22-12-7-13(24-8-9-4-3-5-9)10(17)6-11(12)21-15(22)25-14(23)16(18,19)20/h6-7,9H,2-5,8H2,1H3. The van der Waals surface area contributed by atoms with Gasteiger partial charge < -0.3 is 9.47 Å². The van der Waals surface area contributed by atoms with Gasteiger partial charge in [-0.3, -0.25) is 4.57 Å². The van der Waals surface area contributed by atoms with Crippen molar-refractivity contribution in [2.24, 2.45) is 5.92 Å². The van der Waals surface area contributed by atoms with Gasteiger partial charge in [0.05, 0.1) is 22.1 Å². The molecule has 0 amide bonds. The predicted molar refractivity (Wildman–Crippen MR) is 87.6 cm³/mol. The van der Waals surface area contributed by atoms with E-state index in [4.69, 9.17) is 4.74 Å². The van der Waals surface area contributed by atoms with Crippen molar-refractivity contribution in [3.05, 3.63) is 16.6 Å². The van der Waals surface area contributed by atoms with E-state index in [1.807, 2.05) is 0 Å². The van der Waals surface area contributed by atoms with E-state index in [-0.39, 0.29) is 6.01 Å². The average Bonchev–Trinajstić information content (AvgIpc) is 2.80. The highest BCUT2D eigenvalue weighted by Gasteiger charge is 2.42. The first-order valence-electron chi connectivity index (χ1n) is 7.91. The minimum atomic E-state index is -5.08. The molecule has 0 saturated heterocycles. The van der Waals surface area contributed by atoms with Gasteiger partial charge in [0.25, 0.3) is 0 Å². The summed E-state index contributed by atoms with van der Waals surface area (Å²) in [5, 5.41) is 0. The molecule has 1 heterocycles. The zero-order valence-electron chi connectivity index (χ0n) is 13.4. The molecule has 25 heavy (non-hydrogen) atoms. The van der Waals surface area contributed by atoms with Crippen LogP contribution in [0.1, 0.15) is 26.2 Å². The molecule has 0 unspecified atom stereocenters. The van der Waals surface area contributed by atoms with Crippen LogP contribution in [0.2, 0.25) is 0 Å². The Morgan fingerprint density at radius 1 is 1.40 bits per heavy atom. The van der Waals surface area contributed by atoms with Crippen molar-refractivity contribution in [2.45, 2.75) is 38.9 Å². The largest absolute Gasteiger partial charge is 0.492 e. The van der Waals surface area contributed by atoms with Crippen molar-refractivity contribution < 1.29 is 27.4 Å². The van der Waals surface area contributed by atoms with Crippen LogP contribution in [-0.4, -0.2) is 28.3 Å². The number of carbonyl (C=O) groups excluding carboxylic acids is 1. The number of hydrogen-bond acceptors (Lipinski definition) is 4. The van der Waals surface area contributed by atoms with E-state index in [0.717, 1.165) is 12.8 Å². The van der Waals surface area contributed by atoms with E-state index in [1.165, 1.54) is 11.0 Å². The van der Waals surface area contributed by atoms with Gasteiger partial charge in [0.1, 0.15) is 5.75 Å². The van der Waals surface area contributed by atoms with Gasteiger partial charge in [-0.1, -0.05) is 6.42 Å². The zero-order chi connectivity index (χ0) is 18.2. The van der Waals surface area contributed by atoms with Gasteiger partial charge in [0.2, 0.25) is 0 Å². The fourth-order valence-electron chi connectivity index (χ4n) is 2.61. The lowest BCUT2D eigenvalue weighted by molar-refractivity contribution is -0.190. The van der Waals surface area contributed by atoms with Crippen LogP contribution in [0.4, 0.5) is 13.2 Å². The number of alkyl halides is 3. The lowest BCUT2D eigenvalue weighted by Gasteiger charge is -2.25. The molecule has 5 nitrogen and oxygen atoms in total. The number of esters is 1. The molecule has 2 aromatic rings. The number of ether oxygens (including phenoxy) is 2. The van der Waals surface area contributed by atoms with Crippen molar-refractivity contribution >= 4 is 32.9 Å². The molecule has 0 bridgehead atoms. The third kappa shape index (κ3) is 3.75. The van der Waals surface area contributed by atoms with E-state index < -0.39 is 12.1 Å². The molecular formula is C16H16BrF3N2O3. The number of imidazole rings is 1. The Kier molecular flexibility index (Phi) is 4.95.